The summed E-state index contributed by atoms with van der Waals surface area (Å²) < 4.78 is 32.0. The maximum atomic E-state index is 12.2. The monoisotopic (exact) mass is 374 g/mol. The van der Waals surface area contributed by atoms with Gasteiger partial charge in [-0.05, 0) is 25.5 Å². The molecule has 1 aliphatic rings. The average Bonchev–Trinajstić information content (AvgIpc) is 2.92. The normalized spacial score (nSPS) is 18.3. The molecule has 1 fully saturated rings. The molecule has 21 heavy (non-hydrogen) atoms. The lowest BCUT2D eigenvalue weighted by Crippen LogP contribution is -2.37. The van der Waals surface area contributed by atoms with Crippen LogP contribution >= 0.6 is 35.6 Å². The highest BCUT2D eigenvalue weighted by Crippen LogP contribution is 2.33. The zero-order valence-corrected chi connectivity index (χ0v) is 14.5. The Morgan fingerprint density at radius 1 is 1.38 bits per heavy atom. The third kappa shape index (κ3) is 4.61. The lowest BCUT2D eigenvalue weighted by atomic mass is 10.2. The van der Waals surface area contributed by atoms with Crippen molar-refractivity contribution in [2.45, 2.75) is 23.8 Å². The minimum absolute atomic E-state index is 0. The highest BCUT2D eigenvalue weighted by Gasteiger charge is 2.22. The van der Waals surface area contributed by atoms with Crippen LogP contribution in [0.4, 0.5) is 0 Å². The molecule has 0 spiro atoms. The van der Waals surface area contributed by atoms with Gasteiger partial charge in [0.15, 0.2) is 0 Å². The molecule has 0 radical (unpaired) electrons. The number of sulfonamides is 1. The first-order valence-corrected chi connectivity index (χ1v) is 8.44. The molecule has 1 unspecified atom stereocenters. The molecular weight excluding hydrogens is 359 g/mol. The summed E-state index contributed by atoms with van der Waals surface area (Å²) in [5.74, 6) is 0.341. The van der Waals surface area contributed by atoms with Crippen LogP contribution in [0.1, 0.15) is 12.8 Å². The minimum atomic E-state index is -3.69. The summed E-state index contributed by atoms with van der Waals surface area (Å²) in [6, 6.07) is 2.86. The van der Waals surface area contributed by atoms with Crippen LogP contribution in [0.15, 0.2) is 17.0 Å². The van der Waals surface area contributed by atoms with Crippen molar-refractivity contribution in [1.29, 1.82) is 0 Å². The summed E-state index contributed by atoms with van der Waals surface area (Å²) in [6.45, 7) is 1.25. The standard InChI is InChI=1S/C12H16Cl2N2O3S.ClH/c1-19-11-5-10(14)12(6-9(11)13)20(17,18)16-7-8-3-2-4-15-8;/h5-6,8,15-16H,2-4,7H2,1H3;1H. The number of rotatable bonds is 5. The number of methoxy groups -OCH3 is 1. The van der Waals surface area contributed by atoms with Gasteiger partial charge in [-0.2, -0.15) is 0 Å². The molecule has 1 heterocycles. The summed E-state index contributed by atoms with van der Waals surface area (Å²) in [6.07, 6.45) is 2.02. The van der Waals surface area contributed by atoms with E-state index in [4.69, 9.17) is 27.9 Å². The van der Waals surface area contributed by atoms with Crippen LogP contribution in [0.2, 0.25) is 10.0 Å². The maximum Gasteiger partial charge on any atom is 0.242 e. The van der Waals surface area contributed by atoms with Crippen LogP contribution in [-0.2, 0) is 10.0 Å². The highest BCUT2D eigenvalue weighted by molar-refractivity contribution is 7.89. The van der Waals surface area contributed by atoms with E-state index in [0.717, 1.165) is 19.4 Å². The number of hydrogen-bond donors (Lipinski definition) is 2. The highest BCUT2D eigenvalue weighted by atomic mass is 35.5. The van der Waals surface area contributed by atoms with Crippen LogP contribution in [0, 0.1) is 0 Å². The molecule has 1 atom stereocenters. The van der Waals surface area contributed by atoms with E-state index in [-0.39, 0.29) is 33.4 Å². The lowest BCUT2D eigenvalue weighted by Gasteiger charge is -2.14. The van der Waals surface area contributed by atoms with Crippen LogP contribution in [0.5, 0.6) is 5.75 Å². The molecule has 1 aromatic carbocycles. The lowest BCUT2D eigenvalue weighted by molar-refractivity contribution is 0.414. The predicted molar refractivity (Wildman–Crippen MR) is 86.5 cm³/mol. The molecule has 5 nitrogen and oxygen atoms in total. The Hall–Kier alpha value is -0.240. The van der Waals surface area contributed by atoms with E-state index in [1.807, 2.05) is 0 Å². The molecule has 0 aromatic heterocycles. The fraction of sp³-hybridized carbons (Fsp3) is 0.500. The molecule has 2 N–H and O–H groups in total. The number of benzene rings is 1. The van der Waals surface area contributed by atoms with Crippen molar-refractivity contribution in [3.63, 3.8) is 0 Å². The Morgan fingerprint density at radius 3 is 2.67 bits per heavy atom. The van der Waals surface area contributed by atoms with Gasteiger partial charge in [-0.15, -0.1) is 12.4 Å². The average molecular weight is 376 g/mol. The van der Waals surface area contributed by atoms with Crippen LogP contribution in [0.25, 0.3) is 0 Å². The van der Waals surface area contributed by atoms with Gasteiger partial charge in [0.25, 0.3) is 0 Å². The van der Waals surface area contributed by atoms with Crippen LogP contribution in [0.3, 0.4) is 0 Å². The first-order valence-electron chi connectivity index (χ1n) is 6.20. The molecule has 1 aliphatic heterocycles. The Bertz CT molecular complexity index is 590. The van der Waals surface area contributed by atoms with Crippen molar-refractivity contribution in [2.75, 3.05) is 20.2 Å². The van der Waals surface area contributed by atoms with E-state index in [0.29, 0.717) is 12.3 Å². The third-order valence-corrected chi connectivity index (χ3v) is 5.36. The van der Waals surface area contributed by atoms with Crippen LogP contribution in [-0.4, -0.2) is 34.7 Å². The van der Waals surface area contributed by atoms with Gasteiger partial charge in [0, 0.05) is 18.7 Å². The summed E-state index contributed by atoms with van der Waals surface area (Å²) in [5.41, 5.74) is 0. The van der Waals surface area contributed by atoms with E-state index < -0.39 is 10.0 Å². The first kappa shape index (κ1) is 18.8. The molecule has 1 saturated heterocycles. The van der Waals surface area contributed by atoms with Crippen molar-refractivity contribution >= 4 is 45.6 Å². The Labute approximate surface area is 140 Å². The molecule has 1 aromatic rings. The summed E-state index contributed by atoms with van der Waals surface area (Å²) in [7, 11) is -2.25. The van der Waals surface area contributed by atoms with E-state index in [9.17, 15) is 8.42 Å². The van der Waals surface area contributed by atoms with Crippen molar-refractivity contribution in [1.82, 2.24) is 10.0 Å². The SMILES string of the molecule is COc1cc(Cl)c(S(=O)(=O)NCC2CCCN2)cc1Cl.Cl. The Morgan fingerprint density at radius 2 is 2.10 bits per heavy atom. The first-order chi connectivity index (χ1) is 9.44. The summed E-state index contributed by atoms with van der Waals surface area (Å²) >= 11 is 11.9. The molecule has 0 aliphatic carbocycles. The molecular formula is C12H17Cl3N2O3S. The second-order valence-electron chi connectivity index (χ2n) is 4.56. The van der Waals surface area contributed by atoms with Gasteiger partial charge >= 0.3 is 0 Å². The fourth-order valence-electron chi connectivity index (χ4n) is 2.09. The number of halogens is 3. The van der Waals surface area contributed by atoms with E-state index in [1.54, 1.807) is 0 Å². The largest absolute Gasteiger partial charge is 0.495 e. The number of nitrogens with one attached hydrogen (secondary N) is 2. The predicted octanol–water partition coefficient (Wildman–Crippen LogP) is 2.45. The van der Waals surface area contributed by atoms with Gasteiger partial charge in [-0.3, -0.25) is 0 Å². The van der Waals surface area contributed by atoms with Gasteiger partial charge in [0.1, 0.15) is 10.6 Å². The van der Waals surface area contributed by atoms with Crippen molar-refractivity contribution in [3.05, 3.63) is 22.2 Å². The van der Waals surface area contributed by atoms with Gasteiger partial charge in [-0.1, -0.05) is 23.2 Å². The quantitative estimate of drug-likeness (QED) is 0.829. The number of hydrogen-bond acceptors (Lipinski definition) is 4. The van der Waals surface area contributed by atoms with Gasteiger partial charge in [0.2, 0.25) is 10.0 Å². The number of ether oxygens (including phenoxy) is 1. The molecule has 2 rings (SSSR count). The Kier molecular flexibility index (Phi) is 7.03. The summed E-state index contributed by atoms with van der Waals surface area (Å²) in [4.78, 5) is -0.0389. The van der Waals surface area contributed by atoms with Crippen molar-refractivity contribution < 1.29 is 13.2 Å². The minimum Gasteiger partial charge on any atom is -0.495 e. The second kappa shape index (κ2) is 7.85. The second-order valence-corrected chi connectivity index (χ2v) is 7.11. The van der Waals surface area contributed by atoms with Crippen LogP contribution < -0.4 is 14.8 Å². The van der Waals surface area contributed by atoms with Gasteiger partial charge in [0.05, 0.1) is 17.2 Å². The van der Waals surface area contributed by atoms with E-state index in [2.05, 4.69) is 10.0 Å². The Balaban J connectivity index is 0.00000220. The molecule has 120 valence electrons. The zero-order chi connectivity index (χ0) is 14.8. The van der Waals surface area contributed by atoms with Gasteiger partial charge < -0.3 is 10.1 Å². The van der Waals surface area contributed by atoms with E-state index >= 15 is 0 Å². The smallest absolute Gasteiger partial charge is 0.242 e. The molecule has 0 saturated carbocycles. The molecule has 0 bridgehead atoms. The van der Waals surface area contributed by atoms with Crippen molar-refractivity contribution in [2.24, 2.45) is 0 Å². The third-order valence-electron chi connectivity index (χ3n) is 3.18. The van der Waals surface area contributed by atoms with E-state index in [1.165, 1.54) is 19.2 Å². The fourth-order valence-corrected chi connectivity index (χ4v) is 4.02. The zero-order valence-electron chi connectivity index (χ0n) is 11.4. The molecule has 9 heteroatoms. The van der Waals surface area contributed by atoms with Crippen molar-refractivity contribution in [3.8, 4) is 5.75 Å². The topological polar surface area (TPSA) is 67.4 Å². The van der Waals surface area contributed by atoms with Gasteiger partial charge in [-0.25, -0.2) is 13.1 Å². The maximum absolute atomic E-state index is 12.2. The molecule has 0 amide bonds. The summed E-state index contributed by atoms with van der Waals surface area (Å²) in [5, 5.41) is 3.51.